The smallest absolute Gasteiger partial charge is 0.273 e. The van der Waals surface area contributed by atoms with E-state index < -0.39 is 0 Å². The van der Waals surface area contributed by atoms with Gasteiger partial charge in [-0.15, -0.1) is 0 Å². The Morgan fingerprint density at radius 2 is 2.18 bits per heavy atom. The molecule has 2 aromatic rings. The minimum atomic E-state index is -0.324. The third kappa shape index (κ3) is 2.68. The number of nitrogens with zero attached hydrogens (tertiary/aromatic N) is 4. The molecule has 2 aromatic heterocycles. The molecule has 0 N–H and O–H groups in total. The number of rotatable bonds is 3. The van der Waals surface area contributed by atoms with E-state index in [1.165, 1.54) is 10.9 Å². The molecule has 0 spiro atoms. The van der Waals surface area contributed by atoms with Gasteiger partial charge in [-0.05, 0) is 12.0 Å². The molecule has 0 aliphatic heterocycles. The fourth-order valence-electron chi connectivity index (χ4n) is 1.45. The Balaban J connectivity index is 2.15. The lowest BCUT2D eigenvalue weighted by Gasteiger charge is -2.04. The van der Waals surface area contributed by atoms with E-state index in [-0.39, 0.29) is 15.7 Å². The van der Waals surface area contributed by atoms with Crippen molar-refractivity contribution in [2.45, 2.75) is 13.0 Å². The number of aryl methyl sites for hydroxylation is 3. The standard InChI is InChI=1S/C10H10Cl2N4O/c1-15-5-7(4-14-15)2-3-16-6-13-9(12)8(11)10(16)17/h4-6H,2-3H2,1H3. The maximum Gasteiger partial charge on any atom is 0.273 e. The number of aromatic nitrogens is 4. The van der Waals surface area contributed by atoms with E-state index in [2.05, 4.69) is 10.1 Å². The lowest BCUT2D eigenvalue weighted by atomic mass is 10.2. The van der Waals surface area contributed by atoms with Crippen LogP contribution < -0.4 is 5.56 Å². The zero-order chi connectivity index (χ0) is 12.4. The van der Waals surface area contributed by atoms with Crippen LogP contribution in [0.1, 0.15) is 5.56 Å². The van der Waals surface area contributed by atoms with Crippen molar-refractivity contribution < 1.29 is 0 Å². The zero-order valence-corrected chi connectivity index (χ0v) is 10.6. The summed E-state index contributed by atoms with van der Waals surface area (Å²) in [5.74, 6) is 0. The molecule has 0 unspecified atom stereocenters. The van der Waals surface area contributed by atoms with Crippen LogP contribution in [0.2, 0.25) is 10.2 Å². The van der Waals surface area contributed by atoms with Crippen LogP contribution in [0.4, 0.5) is 0 Å². The molecule has 0 aliphatic carbocycles. The van der Waals surface area contributed by atoms with Crippen LogP contribution in [0.25, 0.3) is 0 Å². The van der Waals surface area contributed by atoms with E-state index in [0.29, 0.717) is 13.0 Å². The highest BCUT2D eigenvalue weighted by Gasteiger charge is 2.07. The van der Waals surface area contributed by atoms with E-state index in [1.54, 1.807) is 10.9 Å². The van der Waals surface area contributed by atoms with Gasteiger partial charge in [-0.1, -0.05) is 23.2 Å². The van der Waals surface area contributed by atoms with Gasteiger partial charge in [0, 0.05) is 19.8 Å². The molecule has 17 heavy (non-hydrogen) atoms. The largest absolute Gasteiger partial charge is 0.298 e. The molecule has 7 heteroatoms. The SMILES string of the molecule is Cn1cc(CCn2cnc(Cl)c(Cl)c2=O)cn1. The first-order valence-corrected chi connectivity index (χ1v) is 5.71. The summed E-state index contributed by atoms with van der Waals surface area (Å²) in [6.07, 6.45) is 5.74. The van der Waals surface area contributed by atoms with Gasteiger partial charge in [-0.2, -0.15) is 5.10 Å². The Hall–Kier alpha value is -1.33. The molecule has 0 aromatic carbocycles. The predicted molar refractivity (Wildman–Crippen MR) is 65.4 cm³/mol. The highest BCUT2D eigenvalue weighted by molar-refractivity contribution is 6.40. The van der Waals surface area contributed by atoms with E-state index in [1.807, 2.05) is 13.2 Å². The molecule has 2 heterocycles. The van der Waals surface area contributed by atoms with Gasteiger partial charge in [0.1, 0.15) is 5.02 Å². The number of hydrogen-bond donors (Lipinski definition) is 0. The summed E-state index contributed by atoms with van der Waals surface area (Å²) in [6.45, 7) is 0.494. The molecule has 0 bridgehead atoms. The van der Waals surface area contributed by atoms with Gasteiger partial charge in [-0.25, -0.2) is 4.98 Å². The van der Waals surface area contributed by atoms with Gasteiger partial charge in [0.15, 0.2) is 5.15 Å². The van der Waals surface area contributed by atoms with E-state index in [9.17, 15) is 4.79 Å². The maximum atomic E-state index is 11.7. The van der Waals surface area contributed by atoms with E-state index in [0.717, 1.165) is 5.56 Å². The Kier molecular flexibility index (Phi) is 3.49. The molecule has 5 nitrogen and oxygen atoms in total. The van der Waals surface area contributed by atoms with Crippen LogP contribution in [0.15, 0.2) is 23.5 Å². The molecule has 0 saturated heterocycles. The molecule has 2 rings (SSSR count). The second-order valence-corrected chi connectivity index (χ2v) is 4.36. The van der Waals surface area contributed by atoms with Crippen LogP contribution >= 0.6 is 23.2 Å². The Labute approximate surface area is 108 Å². The van der Waals surface area contributed by atoms with Gasteiger partial charge >= 0.3 is 0 Å². The summed E-state index contributed by atoms with van der Waals surface area (Å²) in [5, 5.41) is 4.04. The number of halogens is 2. The van der Waals surface area contributed by atoms with Crippen molar-refractivity contribution in [3.8, 4) is 0 Å². The first kappa shape index (κ1) is 12.1. The Morgan fingerprint density at radius 3 is 2.82 bits per heavy atom. The van der Waals surface area contributed by atoms with Crippen molar-refractivity contribution in [2.24, 2.45) is 7.05 Å². The Morgan fingerprint density at radius 1 is 1.41 bits per heavy atom. The van der Waals surface area contributed by atoms with Gasteiger partial charge < -0.3 is 0 Å². The van der Waals surface area contributed by atoms with Gasteiger partial charge in [0.25, 0.3) is 5.56 Å². The molecule has 0 radical (unpaired) electrons. The lowest BCUT2D eigenvalue weighted by Crippen LogP contribution is -2.22. The van der Waals surface area contributed by atoms with Crippen LogP contribution in [-0.4, -0.2) is 19.3 Å². The summed E-state index contributed by atoms with van der Waals surface area (Å²) in [6, 6.07) is 0. The van der Waals surface area contributed by atoms with Gasteiger partial charge in [0.2, 0.25) is 0 Å². The van der Waals surface area contributed by atoms with Crippen molar-refractivity contribution in [1.29, 1.82) is 0 Å². The average molecular weight is 273 g/mol. The summed E-state index contributed by atoms with van der Waals surface area (Å²) in [7, 11) is 1.84. The zero-order valence-electron chi connectivity index (χ0n) is 9.10. The molecule has 0 atom stereocenters. The van der Waals surface area contributed by atoms with E-state index >= 15 is 0 Å². The maximum absolute atomic E-state index is 11.7. The fraction of sp³-hybridized carbons (Fsp3) is 0.300. The Bertz CT molecular complexity index is 590. The summed E-state index contributed by atoms with van der Waals surface area (Å²) < 4.78 is 3.15. The molecule has 0 amide bonds. The summed E-state index contributed by atoms with van der Waals surface area (Å²) in [5.41, 5.74) is 0.723. The van der Waals surface area contributed by atoms with Crippen LogP contribution in [0, 0.1) is 0 Å². The third-order valence-electron chi connectivity index (χ3n) is 2.34. The highest BCUT2D eigenvalue weighted by Crippen LogP contribution is 2.12. The minimum absolute atomic E-state index is 0.0364. The lowest BCUT2D eigenvalue weighted by molar-refractivity contribution is 0.654. The first-order chi connectivity index (χ1) is 8.08. The van der Waals surface area contributed by atoms with Crippen molar-refractivity contribution in [2.75, 3.05) is 0 Å². The molecule has 0 aliphatic rings. The summed E-state index contributed by atoms with van der Waals surface area (Å²) >= 11 is 11.4. The summed E-state index contributed by atoms with van der Waals surface area (Å²) in [4.78, 5) is 15.5. The molecular weight excluding hydrogens is 263 g/mol. The van der Waals surface area contributed by atoms with Crippen molar-refractivity contribution in [3.05, 3.63) is 44.8 Å². The first-order valence-electron chi connectivity index (χ1n) is 4.96. The topological polar surface area (TPSA) is 52.7 Å². The van der Waals surface area contributed by atoms with Crippen molar-refractivity contribution >= 4 is 23.2 Å². The average Bonchev–Trinajstić information content (AvgIpc) is 2.71. The number of hydrogen-bond acceptors (Lipinski definition) is 3. The highest BCUT2D eigenvalue weighted by atomic mass is 35.5. The van der Waals surface area contributed by atoms with Gasteiger partial charge in [-0.3, -0.25) is 14.0 Å². The second-order valence-electron chi connectivity index (χ2n) is 3.62. The van der Waals surface area contributed by atoms with Crippen LogP contribution in [-0.2, 0) is 20.0 Å². The molecule has 0 saturated carbocycles. The van der Waals surface area contributed by atoms with Crippen molar-refractivity contribution in [1.82, 2.24) is 19.3 Å². The fourth-order valence-corrected chi connectivity index (χ4v) is 1.74. The quantitative estimate of drug-likeness (QED) is 0.797. The minimum Gasteiger partial charge on any atom is -0.298 e. The van der Waals surface area contributed by atoms with Crippen LogP contribution in [0.5, 0.6) is 0 Å². The molecule has 0 fully saturated rings. The van der Waals surface area contributed by atoms with Crippen molar-refractivity contribution in [3.63, 3.8) is 0 Å². The normalized spacial score (nSPS) is 10.8. The van der Waals surface area contributed by atoms with E-state index in [4.69, 9.17) is 23.2 Å². The second kappa shape index (κ2) is 4.89. The predicted octanol–water partition coefficient (Wildman–Crippen LogP) is 1.53. The van der Waals surface area contributed by atoms with Gasteiger partial charge in [0.05, 0.1) is 12.5 Å². The van der Waals surface area contributed by atoms with Crippen LogP contribution in [0.3, 0.4) is 0 Å². The molecular formula is C10H10Cl2N4O. The third-order valence-corrected chi connectivity index (χ3v) is 3.06. The monoisotopic (exact) mass is 272 g/mol. The molecule has 90 valence electrons.